The van der Waals surface area contributed by atoms with Crippen molar-refractivity contribution in [2.24, 2.45) is 0 Å². The number of carbonyl (C=O) groups is 1. The van der Waals surface area contributed by atoms with Crippen LogP contribution in [0.15, 0.2) is 83.9 Å². The quantitative estimate of drug-likeness (QED) is 0.394. The maximum absolute atomic E-state index is 13.5. The number of halogens is 2. The number of hydrogen-bond acceptors (Lipinski definition) is 3. The predicted octanol–water partition coefficient (Wildman–Crippen LogP) is 4.51. The van der Waals surface area contributed by atoms with Gasteiger partial charge < -0.3 is 9.88 Å². The zero-order valence-electron chi connectivity index (χ0n) is 18.0. The van der Waals surface area contributed by atoms with Crippen LogP contribution in [0.1, 0.15) is 11.1 Å². The van der Waals surface area contributed by atoms with E-state index in [1.807, 2.05) is 42.5 Å². The third kappa shape index (κ3) is 4.18. The molecule has 0 aliphatic carbocycles. The molecule has 8 heteroatoms. The van der Waals surface area contributed by atoms with Crippen LogP contribution in [0.4, 0.5) is 4.39 Å². The largest absolute Gasteiger partial charge is 0.350 e. The summed E-state index contributed by atoms with van der Waals surface area (Å²) < 4.78 is 16.3. The molecule has 5 rings (SSSR count). The fourth-order valence-electron chi connectivity index (χ4n) is 4.04. The number of nitrogens with zero attached hydrogens (tertiary/aromatic N) is 3. The maximum Gasteiger partial charge on any atom is 0.278 e. The number of carbonyl (C=O) groups excluding carboxylic acids is 1. The third-order valence-corrected chi connectivity index (χ3v) is 6.11. The smallest absolute Gasteiger partial charge is 0.278 e. The van der Waals surface area contributed by atoms with E-state index in [0.717, 1.165) is 22.0 Å². The van der Waals surface area contributed by atoms with Crippen molar-refractivity contribution in [2.45, 2.75) is 19.6 Å². The van der Waals surface area contributed by atoms with Gasteiger partial charge in [0.1, 0.15) is 23.4 Å². The van der Waals surface area contributed by atoms with Crippen molar-refractivity contribution in [3.8, 4) is 0 Å². The fraction of sp³-hybridized carbons (Fsp3) is 0.115. The average Bonchev–Trinajstić information content (AvgIpc) is 3.16. The molecule has 0 spiro atoms. The van der Waals surface area contributed by atoms with Crippen molar-refractivity contribution >= 4 is 39.4 Å². The summed E-state index contributed by atoms with van der Waals surface area (Å²) in [5.74, 6) is -0.603. The molecule has 0 aliphatic rings. The Morgan fingerprint density at radius 2 is 1.74 bits per heavy atom. The van der Waals surface area contributed by atoms with Gasteiger partial charge in [0.15, 0.2) is 0 Å². The summed E-state index contributed by atoms with van der Waals surface area (Å²) in [6, 6.07) is 20.7. The summed E-state index contributed by atoms with van der Waals surface area (Å²) in [5, 5.41) is 4.20. The first-order valence-corrected chi connectivity index (χ1v) is 11.1. The molecule has 34 heavy (non-hydrogen) atoms. The minimum Gasteiger partial charge on any atom is -0.350 e. The van der Waals surface area contributed by atoms with E-state index in [9.17, 15) is 14.0 Å². The van der Waals surface area contributed by atoms with Crippen LogP contribution in [0, 0.1) is 5.82 Å². The van der Waals surface area contributed by atoms with Crippen LogP contribution < -0.4 is 10.9 Å². The van der Waals surface area contributed by atoms with Crippen LogP contribution >= 0.6 is 11.6 Å². The number of benzene rings is 3. The van der Waals surface area contributed by atoms with Gasteiger partial charge in [-0.15, -0.1) is 0 Å². The van der Waals surface area contributed by atoms with Crippen molar-refractivity contribution < 1.29 is 9.18 Å². The van der Waals surface area contributed by atoms with E-state index >= 15 is 0 Å². The molecule has 1 amide bonds. The number of para-hydroxylation sites is 1. The lowest BCUT2D eigenvalue weighted by atomic mass is 10.2. The molecular weight excluding hydrogens is 455 g/mol. The Bertz CT molecular complexity index is 1570. The summed E-state index contributed by atoms with van der Waals surface area (Å²) in [6.45, 7) is 0.462. The first-order chi connectivity index (χ1) is 16.5. The average molecular weight is 475 g/mol. The van der Waals surface area contributed by atoms with Crippen LogP contribution in [-0.2, 0) is 24.4 Å². The number of hydrogen-bond donors (Lipinski definition) is 1. The molecule has 0 fully saturated rings. The molecule has 170 valence electrons. The Labute approximate surface area is 199 Å². The van der Waals surface area contributed by atoms with Crippen molar-refractivity contribution in [1.82, 2.24) is 19.4 Å². The third-order valence-electron chi connectivity index (χ3n) is 5.74. The van der Waals surface area contributed by atoms with Crippen molar-refractivity contribution in [3.63, 3.8) is 0 Å². The predicted molar refractivity (Wildman–Crippen MR) is 130 cm³/mol. The Hall–Kier alpha value is -3.97. The summed E-state index contributed by atoms with van der Waals surface area (Å²) in [5.41, 5.74) is 2.96. The van der Waals surface area contributed by atoms with E-state index in [-0.39, 0.29) is 36.9 Å². The van der Waals surface area contributed by atoms with Crippen LogP contribution in [0.3, 0.4) is 0 Å². The number of nitrogens with one attached hydrogen (secondary N) is 1. The molecule has 1 N–H and O–H groups in total. The van der Waals surface area contributed by atoms with E-state index in [2.05, 4.69) is 10.3 Å². The summed E-state index contributed by atoms with van der Waals surface area (Å²) in [4.78, 5) is 30.9. The highest BCUT2D eigenvalue weighted by Crippen LogP contribution is 2.25. The van der Waals surface area contributed by atoms with Gasteiger partial charge in [-0.2, -0.15) is 0 Å². The lowest BCUT2D eigenvalue weighted by Crippen LogP contribution is -2.29. The SMILES string of the molecule is O=C(Cn1c2ccccc2c2ncn(Cc3ccccc3Cl)c(=O)c21)NCc1ccc(F)cc1. The second-order valence-corrected chi connectivity index (χ2v) is 8.38. The first kappa shape index (κ1) is 21.9. The van der Waals surface area contributed by atoms with Crippen LogP contribution in [0.25, 0.3) is 21.9 Å². The molecule has 0 bridgehead atoms. The first-order valence-electron chi connectivity index (χ1n) is 10.7. The van der Waals surface area contributed by atoms with Crippen molar-refractivity contribution in [3.05, 3.63) is 111 Å². The Morgan fingerprint density at radius 1 is 1.00 bits per heavy atom. The molecule has 0 aliphatic heterocycles. The lowest BCUT2D eigenvalue weighted by molar-refractivity contribution is -0.121. The van der Waals surface area contributed by atoms with Gasteiger partial charge in [-0.3, -0.25) is 14.2 Å². The molecule has 3 aromatic carbocycles. The second kappa shape index (κ2) is 9.11. The number of aromatic nitrogens is 3. The van der Waals surface area contributed by atoms with Gasteiger partial charge >= 0.3 is 0 Å². The van der Waals surface area contributed by atoms with E-state index in [1.165, 1.54) is 23.0 Å². The maximum atomic E-state index is 13.5. The van der Waals surface area contributed by atoms with Gasteiger partial charge in [-0.1, -0.05) is 60.1 Å². The molecule has 2 heterocycles. The van der Waals surface area contributed by atoms with Gasteiger partial charge in [0.2, 0.25) is 5.91 Å². The number of rotatable bonds is 6. The highest BCUT2D eigenvalue weighted by molar-refractivity contribution is 6.31. The van der Waals surface area contributed by atoms with Gasteiger partial charge in [0.05, 0.1) is 18.4 Å². The highest BCUT2D eigenvalue weighted by Gasteiger charge is 2.18. The normalized spacial score (nSPS) is 11.2. The van der Waals surface area contributed by atoms with E-state index in [4.69, 9.17) is 11.6 Å². The molecule has 5 aromatic rings. The molecule has 0 unspecified atom stereocenters. The molecule has 0 saturated heterocycles. The number of amides is 1. The van der Waals surface area contributed by atoms with Crippen LogP contribution in [0.5, 0.6) is 0 Å². The second-order valence-electron chi connectivity index (χ2n) is 7.97. The zero-order chi connectivity index (χ0) is 23.7. The Kier molecular flexibility index (Phi) is 5.86. The van der Waals surface area contributed by atoms with Crippen LogP contribution in [-0.4, -0.2) is 20.0 Å². The van der Waals surface area contributed by atoms with E-state index < -0.39 is 0 Å². The number of fused-ring (bicyclic) bond motifs is 3. The van der Waals surface area contributed by atoms with Crippen molar-refractivity contribution in [1.29, 1.82) is 0 Å². The Balaban J connectivity index is 1.51. The topological polar surface area (TPSA) is 68.9 Å². The Morgan fingerprint density at radius 3 is 2.53 bits per heavy atom. The van der Waals surface area contributed by atoms with Gasteiger partial charge in [0.25, 0.3) is 5.56 Å². The van der Waals surface area contributed by atoms with E-state index in [0.29, 0.717) is 16.1 Å². The zero-order valence-corrected chi connectivity index (χ0v) is 18.8. The molecule has 6 nitrogen and oxygen atoms in total. The highest BCUT2D eigenvalue weighted by atomic mass is 35.5. The monoisotopic (exact) mass is 474 g/mol. The van der Waals surface area contributed by atoms with Gasteiger partial charge in [-0.05, 0) is 35.4 Å². The minimum absolute atomic E-state index is 0.0573. The standard InChI is InChI=1S/C26H20ClFN4O2/c27-21-7-3-1-5-18(21)14-31-16-30-24-20-6-2-4-8-22(20)32(25(24)26(31)34)15-23(33)29-13-17-9-11-19(28)12-10-17/h1-12,16H,13-15H2,(H,29,33). The van der Waals surface area contributed by atoms with Crippen molar-refractivity contribution in [2.75, 3.05) is 0 Å². The summed E-state index contributed by atoms with van der Waals surface area (Å²) >= 11 is 6.29. The molecule has 0 atom stereocenters. The molecular formula is C26H20ClFN4O2. The lowest BCUT2D eigenvalue weighted by Gasteiger charge is -2.10. The molecule has 0 radical (unpaired) electrons. The van der Waals surface area contributed by atoms with Gasteiger partial charge in [-0.25, -0.2) is 9.37 Å². The minimum atomic E-state index is -0.332. The molecule has 2 aromatic heterocycles. The summed E-state index contributed by atoms with van der Waals surface area (Å²) in [6.07, 6.45) is 1.51. The fourth-order valence-corrected chi connectivity index (χ4v) is 4.23. The summed E-state index contributed by atoms with van der Waals surface area (Å²) in [7, 11) is 0. The molecule has 0 saturated carbocycles. The van der Waals surface area contributed by atoms with E-state index in [1.54, 1.807) is 22.8 Å². The van der Waals surface area contributed by atoms with Crippen LogP contribution in [0.2, 0.25) is 5.02 Å². The van der Waals surface area contributed by atoms with Gasteiger partial charge in [0, 0.05) is 17.0 Å².